The number of ether oxygens (including phenoxy) is 1. The van der Waals surface area contributed by atoms with E-state index in [9.17, 15) is 10.1 Å². The third kappa shape index (κ3) is 5.91. The summed E-state index contributed by atoms with van der Waals surface area (Å²) in [4.78, 5) is 10.0. The van der Waals surface area contributed by atoms with Crippen molar-refractivity contribution in [2.45, 2.75) is 115 Å². The van der Waals surface area contributed by atoms with Crippen LogP contribution in [-0.2, 0) is 4.74 Å². The molecule has 2 aliphatic rings. The highest BCUT2D eigenvalue weighted by Gasteiger charge is 2.65. The van der Waals surface area contributed by atoms with Gasteiger partial charge in [-0.3, -0.25) is 10.1 Å². The minimum atomic E-state index is -0.454. The lowest BCUT2D eigenvalue weighted by molar-refractivity contribution is -0.518. The van der Waals surface area contributed by atoms with Crippen molar-refractivity contribution in [3.63, 3.8) is 0 Å². The smallest absolute Gasteiger partial charge is 0.211 e. The fourth-order valence-electron chi connectivity index (χ4n) is 4.02. The van der Waals surface area contributed by atoms with E-state index in [1.165, 1.54) is 32.1 Å². The van der Waals surface area contributed by atoms with Crippen LogP contribution in [0.3, 0.4) is 0 Å². The maximum atomic E-state index is 10.3. The normalized spacial score (nSPS) is 34.2. The van der Waals surface area contributed by atoms with E-state index in [-0.39, 0.29) is 21.4 Å². The molecule has 0 aromatic heterocycles. The first-order chi connectivity index (χ1) is 11.2. The lowest BCUT2D eigenvalue weighted by Gasteiger charge is -2.14. The molecule has 0 spiro atoms. The molecule has 0 aromatic rings. The van der Waals surface area contributed by atoms with Gasteiger partial charge < -0.3 is 4.74 Å². The summed E-state index contributed by atoms with van der Waals surface area (Å²) in [6, 6.07) is -0.454. The standard InChI is InChI=1S/C11H20O.C8H17NO2S/c1-4-11-8-9(2)6-5-7-10(11,3)12-11;1-3-4-5-8(12)6-7(2)9(10)11/h9H,4-8H2,1-3H3;7-8,12H,3-6H2,1-2H3. The van der Waals surface area contributed by atoms with Crippen LogP contribution in [0.4, 0.5) is 0 Å². The van der Waals surface area contributed by atoms with Gasteiger partial charge in [0.2, 0.25) is 6.04 Å². The topological polar surface area (TPSA) is 55.7 Å². The Labute approximate surface area is 153 Å². The number of hydrogen-bond donors (Lipinski definition) is 1. The van der Waals surface area contributed by atoms with Crippen molar-refractivity contribution >= 4 is 12.6 Å². The molecule has 24 heavy (non-hydrogen) atoms. The lowest BCUT2D eigenvalue weighted by atomic mass is 9.85. The van der Waals surface area contributed by atoms with Crippen molar-refractivity contribution < 1.29 is 9.66 Å². The third-order valence-electron chi connectivity index (χ3n) is 5.81. The largest absolute Gasteiger partial charge is 0.363 e. The molecule has 1 heterocycles. The SMILES string of the molecule is CCC12CC(C)CCCC1(C)O2.CCCCC(S)CC(C)[N+](=O)[O-]. The average molecular weight is 360 g/mol. The third-order valence-corrected chi connectivity index (χ3v) is 6.28. The molecule has 1 aliphatic heterocycles. The molecule has 4 nitrogen and oxygen atoms in total. The van der Waals surface area contributed by atoms with Crippen molar-refractivity contribution in [1.29, 1.82) is 0 Å². The maximum absolute atomic E-state index is 10.3. The zero-order valence-electron chi connectivity index (χ0n) is 16.2. The number of rotatable bonds is 7. The van der Waals surface area contributed by atoms with Crippen LogP contribution in [0.1, 0.15) is 92.4 Å². The molecule has 1 aliphatic carbocycles. The molecule has 142 valence electrons. The van der Waals surface area contributed by atoms with Gasteiger partial charge in [0.25, 0.3) is 0 Å². The molecule has 0 N–H and O–H groups in total. The molecule has 0 aromatic carbocycles. The summed E-state index contributed by atoms with van der Waals surface area (Å²) >= 11 is 4.29. The van der Waals surface area contributed by atoms with Crippen molar-refractivity contribution in [3.8, 4) is 0 Å². The van der Waals surface area contributed by atoms with E-state index in [4.69, 9.17) is 4.74 Å². The Morgan fingerprint density at radius 1 is 1.42 bits per heavy atom. The fourth-order valence-corrected chi connectivity index (χ4v) is 4.51. The summed E-state index contributed by atoms with van der Waals surface area (Å²) in [5.74, 6) is 0.870. The van der Waals surface area contributed by atoms with Gasteiger partial charge in [-0.2, -0.15) is 12.6 Å². The summed E-state index contributed by atoms with van der Waals surface area (Å²) in [5, 5.41) is 10.5. The Bertz CT molecular complexity index is 402. The van der Waals surface area contributed by atoms with Gasteiger partial charge in [0.15, 0.2) is 0 Å². The van der Waals surface area contributed by atoms with Gasteiger partial charge in [0.1, 0.15) is 0 Å². The summed E-state index contributed by atoms with van der Waals surface area (Å²) in [6.07, 6.45) is 10.3. The number of hydrogen-bond acceptors (Lipinski definition) is 4. The predicted octanol–water partition coefficient (Wildman–Crippen LogP) is 5.66. The summed E-state index contributed by atoms with van der Waals surface area (Å²) in [7, 11) is 0. The molecular formula is C19H37NO3S. The number of unbranched alkanes of at least 4 members (excludes halogenated alkanes) is 1. The molecule has 2 rings (SSSR count). The van der Waals surface area contributed by atoms with E-state index >= 15 is 0 Å². The molecule has 5 atom stereocenters. The van der Waals surface area contributed by atoms with Crippen LogP contribution in [0.2, 0.25) is 0 Å². The van der Waals surface area contributed by atoms with Gasteiger partial charge in [0, 0.05) is 23.5 Å². The van der Waals surface area contributed by atoms with E-state index in [2.05, 4.69) is 40.3 Å². The minimum Gasteiger partial charge on any atom is -0.363 e. The van der Waals surface area contributed by atoms with Crippen LogP contribution < -0.4 is 0 Å². The second-order valence-electron chi connectivity index (χ2n) is 8.05. The highest BCUT2D eigenvalue weighted by atomic mass is 32.1. The quantitative estimate of drug-likeness (QED) is 0.276. The number of nitro groups is 1. The van der Waals surface area contributed by atoms with E-state index in [0.717, 1.165) is 25.2 Å². The van der Waals surface area contributed by atoms with Gasteiger partial charge in [-0.05, 0) is 38.5 Å². The summed E-state index contributed by atoms with van der Waals surface area (Å²) in [6.45, 7) is 10.7. The van der Waals surface area contributed by atoms with E-state index in [1.54, 1.807) is 6.92 Å². The van der Waals surface area contributed by atoms with Gasteiger partial charge in [-0.1, -0.05) is 46.5 Å². The van der Waals surface area contributed by atoms with Gasteiger partial charge in [0.05, 0.1) is 11.2 Å². The Kier molecular flexibility index (Phi) is 8.54. The first-order valence-corrected chi connectivity index (χ1v) is 10.2. The van der Waals surface area contributed by atoms with Crippen LogP contribution >= 0.6 is 12.6 Å². The summed E-state index contributed by atoms with van der Waals surface area (Å²) < 4.78 is 5.95. The van der Waals surface area contributed by atoms with Crippen molar-refractivity contribution in [1.82, 2.24) is 0 Å². The molecule has 0 bridgehead atoms. The fraction of sp³-hybridized carbons (Fsp3) is 1.00. The Morgan fingerprint density at radius 3 is 2.62 bits per heavy atom. The van der Waals surface area contributed by atoms with Crippen LogP contribution in [-0.4, -0.2) is 27.4 Å². The molecular weight excluding hydrogens is 322 g/mol. The van der Waals surface area contributed by atoms with Crippen molar-refractivity contribution in [2.24, 2.45) is 5.92 Å². The Hall–Kier alpha value is -0.290. The lowest BCUT2D eigenvalue weighted by Crippen LogP contribution is -2.22. The average Bonchev–Trinajstić information content (AvgIpc) is 3.11. The van der Waals surface area contributed by atoms with Crippen LogP contribution in [0.15, 0.2) is 0 Å². The van der Waals surface area contributed by atoms with Crippen LogP contribution in [0.5, 0.6) is 0 Å². The number of fused-ring (bicyclic) bond motifs is 1. The highest BCUT2D eigenvalue weighted by molar-refractivity contribution is 7.80. The number of thiol groups is 1. The first kappa shape index (κ1) is 21.8. The van der Waals surface area contributed by atoms with Gasteiger partial charge in [-0.15, -0.1) is 0 Å². The van der Waals surface area contributed by atoms with Gasteiger partial charge >= 0.3 is 0 Å². The minimum absolute atomic E-state index is 0.186. The molecule has 0 amide bonds. The second kappa shape index (κ2) is 9.42. The van der Waals surface area contributed by atoms with E-state index in [1.807, 2.05) is 0 Å². The highest BCUT2D eigenvalue weighted by Crippen LogP contribution is 2.58. The molecule has 1 saturated carbocycles. The van der Waals surface area contributed by atoms with Crippen molar-refractivity contribution in [3.05, 3.63) is 10.1 Å². The molecule has 0 radical (unpaired) electrons. The second-order valence-corrected chi connectivity index (χ2v) is 8.78. The zero-order valence-corrected chi connectivity index (χ0v) is 17.1. The number of nitrogens with zero attached hydrogens (tertiary/aromatic N) is 1. The predicted molar refractivity (Wildman–Crippen MR) is 104 cm³/mol. The van der Waals surface area contributed by atoms with Crippen LogP contribution in [0, 0.1) is 16.0 Å². The zero-order chi connectivity index (χ0) is 18.4. The first-order valence-electron chi connectivity index (χ1n) is 9.71. The Morgan fingerprint density at radius 2 is 2.08 bits per heavy atom. The molecule has 5 unspecified atom stereocenters. The van der Waals surface area contributed by atoms with Crippen molar-refractivity contribution in [2.75, 3.05) is 0 Å². The summed E-state index contributed by atoms with van der Waals surface area (Å²) in [5.41, 5.74) is 0.537. The maximum Gasteiger partial charge on any atom is 0.211 e. The van der Waals surface area contributed by atoms with E-state index in [0.29, 0.717) is 6.42 Å². The molecule has 1 saturated heterocycles. The molecule has 5 heteroatoms. The van der Waals surface area contributed by atoms with Crippen LogP contribution in [0.25, 0.3) is 0 Å². The molecule has 2 fully saturated rings. The monoisotopic (exact) mass is 359 g/mol. The van der Waals surface area contributed by atoms with Gasteiger partial charge in [-0.25, -0.2) is 0 Å². The Balaban J connectivity index is 0.000000240. The van der Waals surface area contributed by atoms with E-state index < -0.39 is 6.04 Å². The number of epoxide rings is 1.